The van der Waals surface area contributed by atoms with Gasteiger partial charge in [0, 0.05) is 54.6 Å². The van der Waals surface area contributed by atoms with Crippen LogP contribution in [0, 0.1) is 0 Å². The summed E-state index contributed by atoms with van der Waals surface area (Å²) < 4.78 is 9.09. The molecule has 7 nitrogen and oxygen atoms in total. The number of rotatable bonds is 5. The molecule has 0 aliphatic carbocycles. The van der Waals surface area contributed by atoms with Crippen LogP contribution in [0.1, 0.15) is 11.1 Å². The molecule has 1 aromatic carbocycles. The van der Waals surface area contributed by atoms with E-state index in [4.69, 9.17) is 16.3 Å². The number of aliphatic hydroxyl groups excluding tert-OH is 1. The molecule has 0 amide bonds. The molecule has 33 heavy (non-hydrogen) atoms. The summed E-state index contributed by atoms with van der Waals surface area (Å²) in [6.45, 7) is 3.39. The fraction of sp³-hybridized carbons (Fsp3) is 0.280. The summed E-state index contributed by atoms with van der Waals surface area (Å²) >= 11 is 6.15. The lowest BCUT2D eigenvalue weighted by Gasteiger charge is -2.28. The van der Waals surface area contributed by atoms with Crippen LogP contribution in [0.4, 0.5) is 5.69 Å². The molecule has 0 saturated carbocycles. The van der Waals surface area contributed by atoms with Crippen molar-refractivity contribution >= 4 is 28.3 Å². The lowest BCUT2D eigenvalue weighted by atomic mass is 10.1. The van der Waals surface area contributed by atoms with Crippen LogP contribution < -0.4 is 10.5 Å². The number of nitrogens with zero attached hydrogens (tertiary/aromatic N) is 4. The summed E-state index contributed by atoms with van der Waals surface area (Å²) in [4.78, 5) is 19.9. The van der Waals surface area contributed by atoms with E-state index in [9.17, 15) is 9.90 Å². The largest absolute Gasteiger partial charge is 0.392 e. The van der Waals surface area contributed by atoms with Crippen molar-refractivity contribution in [2.75, 3.05) is 31.2 Å². The molecular formula is C25H25ClN4O3. The third-order valence-electron chi connectivity index (χ3n) is 6.04. The molecule has 0 spiro atoms. The molecule has 5 rings (SSSR count). The van der Waals surface area contributed by atoms with E-state index in [0.29, 0.717) is 24.8 Å². The number of hydrogen-bond acceptors (Lipinski definition) is 5. The molecule has 1 saturated heterocycles. The average molecular weight is 465 g/mol. The number of aryl methyl sites for hydroxylation is 1. The van der Waals surface area contributed by atoms with Gasteiger partial charge in [-0.3, -0.25) is 4.79 Å². The zero-order valence-electron chi connectivity index (χ0n) is 18.4. The summed E-state index contributed by atoms with van der Waals surface area (Å²) in [6.07, 6.45) is 5.72. The second-order valence-electron chi connectivity index (χ2n) is 8.33. The first-order valence-corrected chi connectivity index (χ1v) is 11.3. The number of aromatic nitrogens is 3. The quantitative estimate of drug-likeness (QED) is 0.490. The van der Waals surface area contributed by atoms with Crippen LogP contribution in [0.25, 0.3) is 22.2 Å². The number of aliphatic hydroxyl groups is 1. The van der Waals surface area contributed by atoms with Crippen molar-refractivity contribution in [3.8, 4) is 11.1 Å². The van der Waals surface area contributed by atoms with Crippen LogP contribution in [-0.2, 0) is 24.9 Å². The van der Waals surface area contributed by atoms with E-state index in [1.54, 1.807) is 22.9 Å². The van der Waals surface area contributed by atoms with Crippen molar-refractivity contribution in [1.29, 1.82) is 0 Å². The van der Waals surface area contributed by atoms with Gasteiger partial charge in [-0.15, -0.1) is 0 Å². The minimum Gasteiger partial charge on any atom is -0.392 e. The van der Waals surface area contributed by atoms with Gasteiger partial charge in [0.1, 0.15) is 5.65 Å². The van der Waals surface area contributed by atoms with E-state index < -0.39 is 0 Å². The third-order valence-corrected chi connectivity index (χ3v) is 6.25. The van der Waals surface area contributed by atoms with Gasteiger partial charge < -0.3 is 23.9 Å². The minimum atomic E-state index is -0.104. The summed E-state index contributed by atoms with van der Waals surface area (Å²) in [5, 5.41) is 11.0. The Morgan fingerprint density at radius 3 is 2.67 bits per heavy atom. The van der Waals surface area contributed by atoms with Crippen LogP contribution in [0.5, 0.6) is 0 Å². The van der Waals surface area contributed by atoms with E-state index in [2.05, 4.69) is 16.0 Å². The molecule has 3 aromatic heterocycles. The lowest BCUT2D eigenvalue weighted by Crippen LogP contribution is -2.36. The lowest BCUT2D eigenvalue weighted by molar-refractivity contribution is 0.122. The van der Waals surface area contributed by atoms with Crippen molar-refractivity contribution in [3.63, 3.8) is 0 Å². The second kappa shape index (κ2) is 9.02. The highest BCUT2D eigenvalue weighted by molar-refractivity contribution is 6.30. The number of benzene rings is 1. The molecule has 1 aliphatic heterocycles. The monoisotopic (exact) mass is 464 g/mol. The van der Waals surface area contributed by atoms with E-state index in [1.807, 2.05) is 42.2 Å². The Balaban J connectivity index is 1.49. The summed E-state index contributed by atoms with van der Waals surface area (Å²) in [5.41, 5.74) is 5.25. The number of anilines is 1. The maximum atomic E-state index is 13.0. The Hall–Kier alpha value is -3.13. The SMILES string of the molecule is Cn1cc(-c2ccn(Cc3cc(Cl)cc(CO)c3)c(=O)c2)c2cc(N3CCOCC3)cnc21. The summed E-state index contributed by atoms with van der Waals surface area (Å²) in [5.74, 6) is 0. The standard InChI is InChI=1S/C25H25ClN4O3/c1-28-15-23(22-12-21(13-27-25(22)28)29-4-6-33-7-5-29)19-2-3-30(24(32)11-19)14-17-8-18(16-31)10-20(26)9-17/h2-3,8-13,15,31H,4-7,14,16H2,1H3. The van der Waals surface area contributed by atoms with E-state index in [-0.39, 0.29) is 12.2 Å². The fourth-order valence-electron chi connectivity index (χ4n) is 4.38. The zero-order chi connectivity index (χ0) is 22.9. The van der Waals surface area contributed by atoms with Gasteiger partial charge in [-0.25, -0.2) is 4.98 Å². The van der Waals surface area contributed by atoms with E-state index in [1.165, 1.54) is 0 Å². The van der Waals surface area contributed by atoms with Gasteiger partial charge in [-0.05, 0) is 41.0 Å². The Morgan fingerprint density at radius 1 is 1.12 bits per heavy atom. The van der Waals surface area contributed by atoms with Gasteiger partial charge in [0.05, 0.1) is 38.2 Å². The summed E-state index contributed by atoms with van der Waals surface area (Å²) in [7, 11) is 1.96. The highest BCUT2D eigenvalue weighted by Gasteiger charge is 2.16. The van der Waals surface area contributed by atoms with Crippen LogP contribution in [-0.4, -0.2) is 45.5 Å². The molecule has 8 heteroatoms. The minimum absolute atomic E-state index is 0.0943. The van der Waals surface area contributed by atoms with Crippen molar-refractivity contribution in [3.05, 3.63) is 81.5 Å². The van der Waals surface area contributed by atoms with Crippen molar-refractivity contribution in [2.45, 2.75) is 13.2 Å². The van der Waals surface area contributed by atoms with Gasteiger partial charge in [0.2, 0.25) is 0 Å². The molecule has 4 heterocycles. The van der Waals surface area contributed by atoms with E-state index in [0.717, 1.165) is 52.1 Å². The summed E-state index contributed by atoms with van der Waals surface area (Å²) in [6, 6.07) is 11.1. The predicted molar refractivity (Wildman–Crippen MR) is 130 cm³/mol. The van der Waals surface area contributed by atoms with Gasteiger partial charge >= 0.3 is 0 Å². The molecule has 4 aromatic rings. The maximum Gasteiger partial charge on any atom is 0.251 e. The Labute approximate surface area is 196 Å². The average Bonchev–Trinajstić information content (AvgIpc) is 3.16. The third kappa shape index (κ3) is 4.39. The highest BCUT2D eigenvalue weighted by Crippen LogP contribution is 2.31. The maximum absolute atomic E-state index is 13.0. The Bertz CT molecular complexity index is 1370. The molecular weight excluding hydrogens is 440 g/mol. The van der Waals surface area contributed by atoms with Crippen LogP contribution in [0.3, 0.4) is 0 Å². The first-order valence-electron chi connectivity index (χ1n) is 10.9. The number of hydrogen-bond donors (Lipinski definition) is 1. The number of ether oxygens (including phenoxy) is 1. The topological polar surface area (TPSA) is 72.5 Å². The number of morpholine rings is 1. The number of fused-ring (bicyclic) bond motifs is 1. The number of pyridine rings is 2. The fourth-order valence-corrected chi connectivity index (χ4v) is 4.66. The molecule has 1 N–H and O–H groups in total. The molecule has 1 aliphatic rings. The molecule has 0 unspecified atom stereocenters. The highest BCUT2D eigenvalue weighted by atomic mass is 35.5. The van der Waals surface area contributed by atoms with Gasteiger partial charge in [0.15, 0.2) is 0 Å². The molecule has 1 fully saturated rings. The normalized spacial score (nSPS) is 14.2. The van der Waals surface area contributed by atoms with Crippen molar-refractivity contribution in [1.82, 2.24) is 14.1 Å². The van der Waals surface area contributed by atoms with Crippen LogP contribution in [0.15, 0.2) is 59.8 Å². The Morgan fingerprint density at radius 2 is 1.91 bits per heavy atom. The van der Waals surface area contributed by atoms with Gasteiger partial charge in [-0.2, -0.15) is 0 Å². The molecule has 170 valence electrons. The first kappa shape index (κ1) is 21.7. The van der Waals surface area contributed by atoms with Crippen LogP contribution >= 0.6 is 11.6 Å². The number of halogens is 1. The smallest absolute Gasteiger partial charge is 0.251 e. The van der Waals surface area contributed by atoms with Crippen LogP contribution in [0.2, 0.25) is 5.02 Å². The second-order valence-corrected chi connectivity index (χ2v) is 8.76. The molecule has 0 bridgehead atoms. The van der Waals surface area contributed by atoms with Gasteiger partial charge in [-0.1, -0.05) is 17.7 Å². The molecule has 0 radical (unpaired) electrons. The van der Waals surface area contributed by atoms with Crippen molar-refractivity contribution in [2.24, 2.45) is 7.05 Å². The van der Waals surface area contributed by atoms with Crippen molar-refractivity contribution < 1.29 is 9.84 Å². The Kier molecular flexibility index (Phi) is 5.93. The van der Waals surface area contributed by atoms with E-state index >= 15 is 0 Å². The van der Waals surface area contributed by atoms with Gasteiger partial charge in [0.25, 0.3) is 5.56 Å². The first-order chi connectivity index (χ1) is 16.0. The predicted octanol–water partition coefficient (Wildman–Crippen LogP) is 3.43. The molecule has 0 atom stereocenters. The zero-order valence-corrected chi connectivity index (χ0v) is 19.1.